The van der Waals surface area contributed by atoms with Crippen LogP contribution in [0.25, 0.3) is 15.5 Å². The molecular weight excluding hydrogens is 344 g/mol. The highest BCUT2D eigenvalue weighted by molar-refractivity contribution is 9.10. The van der Waals surface area contributed by atoms with Gasteiger partial charge in [-0.25, -0.2) is 0 Å². The Hall–Kier alpha value is -0.920. The van der Waals surface area contributed by atoms with Crippen molar-refractivity contribution >= 4 is 44.0 Å². The number of hydrogen-bond donors (Lipinski definition) is 0. The number of nitrogens with zero attached hydrogens (tertiary/aromatic N) is 4. The van der Waals surface area contributed by atoms with Gasteiger partial charge in [-0.3, -0.25) is 0 Å². The summed E-state index contributed by atoms with van der Waals surface area (Å²) in [4.78, 5) is 0.845. The second-order valence-electron chi connectivity index (χ2n) is 3.83. The van der Waals surface area contributed by atoms with Gasteiger partial charge in [-0.2, -0.15) is 21.4 Å². The average Bonchev–Trinajstić information content (AvgIpc) is 2.97. The minimum Gasteiger partial charge on any atom is -0.186 e. The lowest BCUT2D eigenvalue weighted by atomic mass is 10.2. The van der Waals surface area contributed by atoms with Crippen molar-refractivity contribution in [3.8, 4) is 10.6 Å². The van der Waals surface area contributed by atoms with Crippen LogP contribution < -0.4 is 0 Å². The van der Waals surface area contributed by atoms with Crippen molar-refractivity contribution in [1.82, 2.24) is 19.8 Å². The van der Waals surface area contributed by atoms with E-state index in [1.54, 1.807) is 11.3 Å². The van der Waals surface area contributed by atoms with Crippen LogP contribution in [0.15, 0.2) is 28.7 Å². The molecule has 0 spiro atoms. The van der Waals surface area contributed by atoms with Crippen molar-refractivity contribution in [2.75, 3.05) is 5.75 Å². The van der Waals surface area contributed by atoms with Crippen LogP contribution in [0, 0.1) is 0 Å². The van der Waals surface area contributed by atoms with Crippen LogP contribution in [0.1, 0.15) is 12.7 Å². The molecule has 0 bridgehead atoms. The highest BCUT2D eigenvalue weighted by atomic mass is 79.9. The highest BCUT2D eigenvalue weighted by Crippen LogP contribution is 2.31. The largest absolute Gasteiger partial charge is 0.235 e. The van der Waals surface area contributed by atoms with Crippen molar-refractivity contribution in [1.29, 1.82) is 0 Å². The lowest BCUT2D eigenvalue weighted by Crippen LogP contribution is -1.94. The summed E-state index contributed by atoms with van der Waals surface area (Å²) >= 11 is 6.93. The molecule has 19 heavy (non-hydrogen) atoms. The lowest BCUT2D eigenvalue weighted by molar-refractivity contribution is 0.887. The molecule has 0 radical (unpaired) electrons. The van der Waals surface area contributed by atoms with Gasteiger partial charge in [0.05, 0.1) is 5.75 Å². The number of halogens is 1. The molecule has 2 aromatic heterocycles. The van der Waals surface area contributed by atoms with Crippen LogP contribution in [0.2, 0.25) is 0 Å². The Bertz CT molecular complexity index is 707. The predicted molar refractivity (Wildman–Crippen MR) is 83.6 cm³/mol. The molecule has 0 amide bonds. The first kappa shape index (κ1) is 13.1. The molecule has 0 atom stereocenters. The molecule has 0 fully saturated rings. The van der Waals surface area contributed by atoms with Crippen LogP contribution >= 0.6 is 39.0 Å². The molecule has 0 N–H and O–H groups in total. The molecule has 0 saturated carbocycles. The van der Waals surface area contributed by atoms with Gasteiger partial charge in [0, 0.05) is 10.0 Å². The molecule has 0 unspecified atom stereocenters. The first-order chi connectivity index (χ1) is 9.29. The summed E-state index contributed by atoms with van der Waals surface area (Å²) in [6.07, 6.45) is 0. The van der Waals surface area contributed by atoms with E-state index in [-0.39, 0.29) is 0 Å². The number of thioether (sulfide) groups is 1. The minimum absolute atomic E-state index is 0.844. The van der Waals surface area contributed by atoms with E-state index in [0.717, 1.165) is 37.3 Å². The van der Waals surface area contributed by atoms with Crippen molar-refractivity contribution in [2.45, 2.75) is 12.7 Å². The van der Waals surface area contributed by atoms with Crippen molar-refractivity contribution in [3.05, 3.63) is 34.6 Å². The molecule has 3 rings (SSSR count). The Kier molecular flexibility index (Phi) is 3.86. The first-order valence-electron chi connectivity index (χ1n) is 5.83. The van der Waals surface area contributed by atoms with Gasteiger partial charge in [-0.15, -0.1) is 10.2 Å². The van der Waals surface area contributed by atoms with Crippen LogP contribution in [-0.2, 0) is 5.75 Å². The minimum atomic E-state index is 0.844. The second kappa shape index (κ2) is 5.60. The van der Waals surface area contributed by atoms with Gasteiger partial charge < -0.3 is 0 Å². The summed E-state index contributed by atoms with van der Waals surface area (Å²) < 4.78 is 2.90. The summed E-state index contributed by atoms with van der Waals surface area (Å²) in [6, 6.07) is 8.08. The molecule has 98 valence electrons. The number of aromatic nitrogens is 4. The Labute approximate surface area is 127 Å². The van der Waals surface area contributed by atoms with E-state index in [1.807, 2.05) is 34.5 Å². The third-order valence-electron chi connectivity index (χ3n) is 2.59. The van der Waals surface area contributed by atoms with Crippen molar-refractivity contribution in [3.63, 3.8) is 0 Å². The Morgan fingerprint density at radius 3 is 2.95 bits per heavy atom. The zero-order valence-corrected chi connectivity index (χ0v) is 13.4. The number of benzene rings is 1. The molecule has 1 aromatic carbocycles. The predicted octanol–water partition coefficient (Wildman–Crippen LogP) is 3.87. The van der Waals surface area contributed by atoms with Crippen LogP contribution in [-0.4, -0.2) is 25.6 Å². The Morgan fingerprint density at radius 2 is 2.16 bits per heavy atom. The van der Waals surface area contributed by atoms with E-state index in [4.69, 9.17) is 0 Å². The zero-order valence-electron chi connectivity index (χ0n) is 10.2. The lowest BCUT2D eigenvalue weighted by Gasteiger charge is -1.98. The fraction of sp³-hybridized carbons (Fsp3) is 0.250. The van der Waals surface area contributed by atoms with Gasteiger partial charge in [0.2, 0.25) is 4.96 Å². The van der Waals surface area contributed by atoms with Gasteiger partial charge in [0.15, 0.2) is 5.82 Å². The summed E-state index contributed by atoms with van der Waals surface area (Å²) in [5.74, 6) is 2.82. The van der Waals surface area contributed by atoms with E-state index in [2.05, 4.69) is 44.2 Å². The number of rotatable bonds is 4. The topological polar surface area (TPSA) is 43.1 Å². The van der Waals surface area contributed by atoms with E-state index in [1.165, 1.54) is 0 Å². The number of fused-ring (bicyclic) bond motifs is 1. The van der Waals surface area contributed by atoms with Gasteiger partial charge in [-0.05, 0) is 11.8 Å². The summed E-state index contributed by atoms with van der Waals surface area (Å²) in [5, 5.41) is 13.9. The highest BCUT2D eigenvalue weighted by Gasteiger charge is 2.14. The van der Waals surface area contributed by atoms with Crippen LogP contribution in [0.3, 0.4) is 0 Å². The second-order valence-corrected chi connectivity index (χ2v) is 6.92. The Balaban J connectivity index is 2.03. The summed E-state index contributed by atoms with van der Waals surface area (Å²) in [5.41, 5.74) is 1.09. The molecule has 4 nitrogen and oxygen atoms in total. The van der Waals surface area contributed by atoms with Crippen LogP contribution in [0.4, 0.5) is 0 Å². The van der Waals surface area contributed by atoms with E-state index >= 15 is 0 Å². The summed E-state index contributed by atoms with van der Waals surface area (Å²) in [6.45, 7) is 2.14. The van der Waals surface area contributed by atoms with E-state index < -0.39 is 0 Å². The first-order valence-corrected chi connectivity index (χ1v) is 8.59. The van der Waals surface area contributed by atoms with Crippen molar-refractivity contribution < 1.29 is 0 Å². The van der Waals surface area contributed by atoms with E-state index in [0.29, 0.717) is 0 Å². The van der Waals surface area contributed by atoms with Crippen molar-refractivity contribution in [2.24, 2.45) is 0 Å². The Morgan fingerprint density at radius 1 is 1.32 bits per heavy atom. The molecule has 7 heteroatoms. The quantitative estimate of drug-likeness (QED) is 0.713. The monoisotopic (exact) mass is 354 g/mol. The third kappa shape index (κ3) is 2.54. The third-order valence-corrected chi connectivity index (χ3v) is 5.09. The normalized spacial score (nSPS) is 11.3. The maximum Gasteiger partial charge on any atom is 0.235 e. The molecule has 2 heterocycles. The van der Waals surface area contributed by atoms with Gasteiger partial charge in [-0.1, -0.05) is 52.4 Å². The maximum absolute atomic E-state index is 4.62. The zero-order chi connectivity index (χ0) is 13.2. The van der Waals surface area contributed by atoms with E-state index in [9.17, 15) is 0 Å². The van der Waals surface area contributed by atoms with Gasteiger partial charge in [0.25, 0.3) is 0 Å². The summed E-state index contributed by atoms with van der Waals surface area (Å²) in [7, 11) is 0. The van der Waals surface area contributed by atoms with Crippen LogP contribution in [0.5, 0.6) is 0 Å². The number of hydrogen-bond acceptors (Lipinski definition) is 5. The van der Waals surface area contributed by atoms with Gasteiger partial charge >= 0.3 is 0 Å². The molecule has 3 aromatic rings. The molecular formula is C12H11BrN4S2. The molecule has 0 aliphatic carbocycles. The molecule has 0 aliphatic heterocycles. The average molecular weight is 355 g/mol. The standard InChI is InChI=1S/C12H11BrN4S2/c1-2-18-7-10-14-15-12-17(10)16-11(19-12)8-5-3-4-6-9(8)13/h3-6H,2,7H2,1H3. The smallest absolute Gasteiger partial charge is 0.186 e. The molecule has 0 saturated heterocycles. The van der Waals surface area contributed by atoms with Gasteiger partial charge in [0.1, 0.15) is 5.01 Å². The maximum atomic E-state index is 4.62. The fourth-order valence-corrected chi connectivity index (χ4v) is 3.75. The fourth-order valence-electron chi connectivity index (χ4n) is 1.68. The SMILES string of the molecule is CCSCc1nnc2sc(-c3ccccc3Br)nn12. The molecule has 0 aliphatic rings.